The molecule has 2 N–H and O–H groups in total. The lowest BCUT2D eigenvalue weighted by Crippen LogP contribution is -2.63. The number of nitrogens with zero attached hydrogens (tertiary/aromatic N) is 2. The SMILES string of the molecule is Cn1ncc2cc(CC(=O)NCC3(C(=O)O)CC4(CC(F)(F)C4)C3)ccc21. The van der Waals surface area contributed by atoms with Gasteiger partial charge < -0.3 is 10.4 Å². The molecule has 144 valence electrons. The van der Waals surface area contributed by atoms with Crippen LogP contribution in [0.15, 0.2) is 24.4 Å². The van der Waals surface area contributed by atoms with E-state index in [0.717, 1.165) is 16.5 Å². The maximum Gasteiger partial charge on any atom is 0.311 e. The number of amides is 1. The van der Waals surface area contributed by atoms with Crippen LogP contribution in [0.5, 0.6) is 0 Å². The van der Waals surface area contributed by atoms with Gasteiger partial charge >= 0.3 is 5.97 Å². The van der Waals surface area contributed by atoms with Crippen LogP contribution < -0.4 is 5.32 Å². The van der Waals surface area contributed by atoms with E-state index < -0.39 is 22.7 Å². The van der Waals surface area contributed by atoms with Crippen molar-refractivity contribution in [1.82, 2.24) is 15.1 Å². The maximum absolute atomic E-state index is 13.2. The smallest absolute Gasteiger partial charge is 0.311 e. The number of rotatable bonds is 5. The Labute approximate surface area is 154 Å². The molecule has 6 nitrogen and oxygen atoms in total. The van der Waals surface area contributed by atoms with Crippen LogP contribution in [0.25, 0.3) is 10.9 Å². The average Bonchev–Trinajstić information content (AvgIpc) is 2.89. The van der Waals surface area contributed by atoms with Gasteiger partial charge in [0.2, 0.25) is 11.8 Å². The third-order valence-corrected chi connectivity index (χ3v) is 5.95. The van der Waals surface area contributed by atoms with Crippen LogP contribution in [0, 0.1) is 10.8 Å². The van der Waals surface area contributed by atoms with Crippen molar-refractivity contribution in [2.24, 2.45) is 17.9 Å². The standard InChI is InChI=1S/C19H21F2N3O3/c1-24-14-3-2-12(4-13(14)6-23-24)5-15(25)22-11-18(16(26)27)7-17(8-18)9-19(20,21)10-17/h2-4,6H,5,7-11H2,1H3,(H,22,25)(H,26,27). The molecule has 0 saturated heterocycles. The van der Waals surface area contributed by atoms with E-state index in [1.165, 1.54) is 0 Å². The summed E-state index contributed by atoms with van der Waals surface area (Å²) >= 11 is 0. The Kier molecular flexibility index (Phi) is 3.80. The van der Waals surface area contributed by atoms with Crippen LogP contribution in [-0.2, 0) is 23.1 Å². The van der Waals surface area contributed by atoms with Gasteiger partial charge in [0, 0.05) is 31.8 Å². The largest absolute Gasteiger partial charge is 0.481 e. The number of carboxylic acid groups (broad SMARTS) is 1. The number of hydrogen-bond acceptors (Lipinski definition) is 3. The fourth-order valence-electron chi connectivity index (χ4n) is 4.87. The molecule has 8 heteroatoms. The number of nitrogens with one attached hydrogen (secondary N) is 1. The summed E-state index contributed by atoms with van der Waals surface area (Å²) in [5.41, 5.74) is 0.0828. The first-order valence-corrected chi connectivity index (χ1v) is 8.91. The Hall–Kier alpha value is -2.51. The number of halogens is 2. The van der Waals surface area contributed by atoms with Crippen molar-refractivity contribution in [2.45, 2.75) is 38.0 Å². The van der Waals surface area contributed by atoms with Crippen LogP contribution in [0.4, 0.5) is 8.78 Å². The van der Waals surface area contributed by atoms with Gasteiger partial charge in [-0.2, -0.15) is 5.10 Å². The second-order valence-corrected chi connectivity index (χ2v) is 8.26. The summed E-state index contributed by atoms with van der Waals surface area (Å²) in [6.07, 6.45) is 1.77. The van der Waals surface area contributed by atoms with Gasteiger partial charge in [-0.1, -0.05) is 6.07 Å². The Bertz CT molecular complexity index is 921. The molecule has 2 fully saturated rings. The van der Waals surface area contributed by atoms with Crippen LogP contribution in [0.1, 0.15) is 31.2 Å². The topological polar surface area (TPSA) is 84.2 Å². The van der Waals surface area contributed by atoms with Gasteiger partial charge in [-0.25, -0.2) is 8.78 Å². The molecule has 1 amide bonds. The molecule has 1 heterocycles. The molecule has 0 atom stereocenters. The van der Waals surface area contributed by atoms with Gasteiger partial charge in [-0.15, -0.1) is 0 Å². The molecule has 0 unspecified atom stereocenters. The van der Waals surface area contributed by atoms with Crippen LogP contribution in [-0.4, -0.2) is 39.2 Å². The fourth-order valence-corrected chi connectivity index (χ4v) is 4.87. The van der Waals surface area contributed by atoms with Gasteiger partial charge in [0.05, 0.1) is 23.5 Å². The number of carbonyl (C=O) groups excluding carboxylic acids is 1. The van der Waals surface area contributed by atoms with Crippen molar-refractivity contribution in [3.63, 3.8) is 0 Å². The highest BCUT2D eigenvalue weighted by molar-refractivity contribution is 5.84. The minimum atomic E-state index is -2.67. The number of benzene rings is 1. The molecule has 2 aliphatic rings. The maximum atomic E-state index is 13.2. The monoisotopic (exact) mass is 377 g/mol. The molecular weight excluding hydrogens is 356 g/mol. The Morgan fingerprint density at radius 3 is 2.59 bits per heavy atom. The minimum absolute atomic E-state index is 0.0242. The Balaban J connectivity index is 1.35. The first kappa shape index (κ1) is 17.9. The number of carbonyl (C=O) groups is 2. The van der Waals surface area contributed by atoms with E-state index in [0.29, 0.717) is 0 Å². The lowest BCUT2D eigenvalue weighted by Gasteiger charge is -2.61. The van der Waals surface area contributed by atoms with Crippen molar-refractivity contribution >= 4 is 22.8 Å². The zero-order valence-corrected chi connectivity index (χ0v) is 15.0. The van der Waals surface area contributed by atoms with Crippen LogP contribution >= 0.6 is 0 Å². The lowest BCUT2D eigenvalue weighted by atomic mass is 9.44. The van der Waals surface area contributed by atoms with E-state index in [1.807, 2.05) is 25.2 Å². The molecule has 2 saturated carbocycles. The van der Waals surface area contributed by atoms with Crippen LogP contribution in [0.3, 0.4) is 0 Å². The normalized spacial score (nSPS) is 21.4. The summed E-state index contributed by atoms with van der Waals surface area (Å²) in [4.78, 5) is 23.9. The zero-order valence-electron chi connectivity index (χ0n) is 15.0. The number of hydrogen-bond donors (Lipinski definition) is 2. The van der Waals surface area contributed by atoms with Crippen LogP contribution in [0.2, 0.25) is 0 Å². The van der Waals surface area contributed by atoms with Gasteiger partial charge in [-0.05, 0) is 36.0 Å². The number of fused-ring (bicyclic) bond motifs is 1. The summed E-state index contributed by atoms with van der Waals surface area (Å²) in [6.45, 7) is -0.0242. The number of alkyl halides is 2. The highest BCUT2D eigenvalue weighted by atomic mass is 19.3. The molecule has 1 spiro atoms. The first-order valence-electron chi connectivity index (χ1n) is 8.91. The molecule has 27 heavy (non-hydrogen) atoms. The number of aromatic nitrogens is 2. The van der Waals surface area contributed by atoms with Crippen molar-refractivity contribution < 1.29 is 23.5 Å². The third kappa shape index (κ3) is 3.07. The lowest BCUT2D eigenvalue weighted by molar-refractivity contribution is -0.234. The molecular formula is C19H21F2N3O3. The minimum Gasteiger partial charge on any atom is -0.481 e. The summed E-state index contributed by atoms with van der Waals surface area (Å²) in [5, 5.41) is 17.3. The number of carboxylic acids is 1. The molecule has 0 radical (unpaired) electrons. The molecule has 1 aromatic carbocycles. The van der Waals surface area contributed by atoms with E-state index in [1.54, 1.807) is 10.9 Å². The van der Waals surface area contributed by atoms with Crippen molar-refractivity contribution in [1.29, 1.82) is 0 Å². The second-order valence-electron chi connectivity index (χ2n) is 8.26. The third-order valence-electron chi connectivity index (χ3n) is 5.95. The Morgan fingerprint density at radius 2 is 1.96 bits per heavy atom. The van der Waals surface area contributed by atoms with E-state index in [9.17, 15) is 23.5 Å². The zero-order chi connectivity index (χ0) is 19.4. The number of aliphatic carboxylic acids is 1. The summed E-state index contributed by atoms with van der Waals surface area (Å²) in [7, 11) is 1.84. The van der Waals surface area contributed by atoms with Crippen molar-refractivity contribution in [2.75, 3.05) is 6.54 Å². The molecule has 1 aromatic heterocycles. The highest BCUT2D eigenvalue weighted by Gasteiger charge is 2.68. The number of aryl methyl sites for hydroxylation is 1. The van der Waals surface area contributed by atoms with Crippen molar-refractivity contribution in [3.8, 4) is 0 Å². The van der Waals surface area contributed by atoms with Gasteiger partial charge in [-0.3, -0.25) is 14.3 Å². The summed E-state index contributed by atoms with van der Waals surface area (Å²) in [5.74, 6) is -3.97. The van der Waals surface area contributed by atoms with Gasteiger partial charge in [0.25, 0.3) is 0 Å². The molecule has 2 aliphatic carbocycles. The molecule has 0 aliphatic heterocycles. The summed E-state index contributed by atoms with van der Waals surface area (Å²) < 4.78 is 28.0. The second kappa shape index (κ2) is 5.74. The molecule has 2 aromatic rings. The fraction of sp³-hybridized carbons (Fsp3) is 0.526. The Morgan fingerprint density at radius 1 is 1.26 bits per heavy atom. The predicted octanol–water partition coefficient (Wildman–Crippen LogP) is 2.51. The average molecular weight is 377 g/mol. The van der Waals surface area contributed by atoms with Gasteiger partial charge in [0.15, 0.2) is 0 Å². The first-order chi connectivity index (χ1) is 12.6. The van der Waals surface area contributed by atoms with E-state index >= 15 is 0 Å². The van der Waals surface area contributed by atoms with E-state index in [2.05, 4.69) is 10.4 Å². The highest BCUT2D eigenvalue weighted by Crippen LogP contribution is 2.68. The van der Waals surface area contributed by atoms with Crippen molar-refractivity contribution in [3.05, 3.63) is 30.0 Å². The predicted molar refractivity (Wildman–Crippen MR) is 93.3 cm³/mol. The van der Waals surface area contributed by atoms with E-state index in [4.69, 9.17) is 0 Å². The molecule has 4 rings (SSSR count). The van der Waals surface area contributed by atoms with Gasteiger partial charge in [0.1, 0.15) is 0 Å². The summed E-state index contributed by atoms with van der Waals surface area (Å²) in [6, 6.07) is 5.60. The molecule has 0 bridgehead atoms. The van der Waals surface area contributed by atoms with E-state index in [-0.39, 0.29) is 44.6 Å². The quantitative estimate of drug-likeness (QED) is 0.839.